The molecule has 5 heteroatoms. The molecule has 0 bridgehead atoms. The first-order chi connectivity index (χ1) is 10.3. The van der Waals surface area contributed by atoms with Crippen molar-refractivity contribution < 1.29 is 9.13 Å². The Balaban J connectivity index is 1.82. The minimum Gasteiger partial charge on any atom is -0.475 e. The maximum atomic E-state index is 13.6. The molecule has 0 aliphatic heterocycles. The molecule has 0 saturated heterocycles. The zero-order valence-electron chi connectivity index (χ0n) is 12.2. The first-order valence-electron chi connectivity index (χ1n) is 7.22. The van der Waals surface area contributed by atoms with Gasteiger partial charge in [0.15, 0.2) is 0 Å². The molecule has 0 saturated carbocycles. The van der Waals surface area contributed by atoms with E-state index in [1.807, 2.05) is 25.1 Å². The van der Waals surface area contributed by atoms with Crippen LogP contribution in [0.5, 0.6) is 5.88 Å². The summed E-state index contributed by atoms with van der Waals surface area (Å²) < 4.78 is 19.0. The molecule has 21 heavy (non-hydrogen) atoms. The van der Waals surface area contributed by atoms with Gasteiger partial charge in [0.2, 0.25) is 11.8 Å². The third-order valence-corrected chi connectivity index (χ3v) is 2.94. The highest BCUT2D eigenvalue weighted by molar-refractivity contribution is 5.28. The Kier molecular flexibility index (Phi) is 5.94. The van der Waals surface area contributed by atoms with Gasteiger partial charge in [-0.1, -0.05) is 37.3 Å². The molecule has 2 rings (SSSR count). The van der Waals surface area contributed by atoms with Gasteiger partial charge in [-0.25, -0.2) is 4.98 Å². The largest absolute Gasteiger partial charge is 0.475 e. The number of nitrogens with one attached hydrogen (secondary N) is 1. The Bertz CT molecular complexity index is 548. The fourth-order valence-electron chi connectivity index (χ4n) is 1.86. The lowest BCUT2D eigenvalue weighted by molar-refractivity contribution is 0.282. The fourth-order valence-corrected chi connectivity index (χ4v) is 1.86. The Hall–Kier alpha value is -2.17. The van der Waals surface area contributed by atoms with Gasteiger partial charge >= 0.3 is 0 Å². The molecule has 2 aromatic rings. The predicted molar refractivity (Wildman–Crippen MR) is 81.0 cm³/mol. The number of nitrogens with zero attached hydrogens (tertiary/aromatic N) is 2. The number of anilines is 1. The summed E-state index contributed by atoms with van der Waals surface area (Å²) in [5.74, 6) is -0.121. The molecular formula is C16H20FN3O. The number of halogens is 1. The Labute approximate surface area is 124 Å². The van der Waals surface area contributed by atoms with Crippen LogP contribution in [0.3, 0.4) is 0 Å². The van der Waals surface area contributed by atoms with Crippen LogP contribution in [-0.4, -0.2) is 23.1 Å². The van der Waals surface area contributed by atoms with E-state index in [1.165, 1.54) is 5.56 Å². The molecule has 1 heterocycles. The van der Waals surface area contributed by atoms with Crippen LogP contribution >= 0.6 is 0 Å². The number of hydrogen-bond acceptors (Lipinski definition) is 4. The third kappa shape index (κ3) is 5.02. The van der Waals surface area contributed by atoms with Crippen molar-refractivity contribution in [2.45, 2.75) is 26.2 Å². The van der Waals surface area contributed by atoms with E-state index in [9.17, 15) is 4.39 Å². The molecule has 0 atom stereocenters. The lowest BCUT2D eigenvalue weighted by Gasteiger charge is -2.08. The van der Waals surface area contributed by atoms with Crippen molar-refractivity contribution >= 4 is 5.95 Å². The van der Waals surface area contributed by atoms with Crippen LogP contribution in [0, 0.1) is 5.82 Å². The molecule has 0 spiro atoms. The molecule has 0 fully saturated rings. The molecule has 0 amide bonds. The van der Waals surface area contributed by atoms with Crippen LogP contribution in [0.4, 0.5) is 10.3 Å². The Morgan fingerprint density at radius 3 is 2.81 bits per heavy atom. The number of benzene rings is 1. The molecule has 112 valence electrons. The van der Waals surface area contributed by atoms with Gasteiger partial charge in [-0.3, -0.25) is 0 Å². The van der Waals surface area contributed by atoms with Crippen molar-refractivity contribution in [3.8, 4) is 5.88 Å². The standard InChI is InChI=1S/C16H20FN3O/c1-2-10-18-16-19-12-14(17)15(20-16)21-11-6-9-13-7-4-3-5-8-13/h3-5,7-8,12H,2,6,9-11H2,1H3,(H,18,19,20). The van der Waals surface area contributed by atoms with Crippen molar-refractivity contribution in [1.29, 1.82) is 0 Å². The van der Waals surface area contributed by atoms with Crippen LogP contribution in [0.2, 0.25) is 0 Å². The highest BCUT2D eigenvalue weighted by atomic mass is 19.1. The SMILES string of the molecule is CCCNc1ncc(F)c(OCCCc2ccccc2)n1. The summed E-state index contributed by atoms with van der Waals surface area (Å²) in [5.41, 5.74) is 1.24. The zero-order chi connectivity index (χ0) is 14.9. The second-order valence-electron chi connectivity index (χ2n) is 4.71. The van der Waals surface area contributed by atoms with Crippen molar-refractivity contribution in [2.24, 2.45) is 0 Å². The molecule has 4 nitrogen and oxygen atoms in total. The van der Waals surface area contributed by atoms with E-state index in [0.717, 1.165) is 32.0 Å². The first-order valence-corrected chi connectivity index (χ1v) is 7.22. The van der Waals surface area contributed by atoms with Gasteiger partial charge in [0, 0.05) is 6.54 Å². The number of aromatic nitrogens is 2. The zero-order valence-corrected chi connectivity index (χ0v) is 12.2. The smallest absolute Gasteiger partial charge is 0.255 e. The van der Waals surface area contributed by atoms with Crippen LogP contribution in [0.15, 0.2) is 36.5 Å². The summed E-state index contributed by atoms with van der Waals surface area (Å²) in [7, 11) is 0. The average Bonchev–Trinajstić information content (AvgIpc) is 2.53. The predicted octanol–water partition coefficient (Wildman–Crippen LogP) is 3.45. The van der Waals surface area contributed by atoms with Crippen molar-refractivity contribution in [3.05, 3.63) is 47.9 Å². The second kappa shape index (κ2) is 8.19. The van der Waals surface area contributed by atoms with Crippen LogP contribution in [-0.2, 0) is 6.42 Å². The van der Waals surface area contributed by atoms with Crippen LogP contribution in [0.1, 0.15) is 25.3 Å². The van der Waals surface area contributed by atoms with E-state index in [2.05, 4.69) is 27.4 Å². The van der Waals surface area contributed by atoms with Crippen molar-refractivity contribution in [2.75, 3.05) is 18.5 Å². The molecule has 1 aromatic carbocycles. The summed E-state index contributed by atoms with van der Waals surface area (Å²) >= 11 is 0. The minimum atomic E-state index is -0.531. The maximum absolute atomic E-state index is 13.6. The highest BCUT2D eigenvalue weighted by Crippen LogP contribution is 2.15. The van der Waals surface area contributed by atoms with Gasteiger partial charge < -0.3 is 10.1 Å². The molecular weight excluding hydrogens is 269 g/mol. The van der Waals surface area contributed by atoms with E-state index >= 15 is 0 Å². The highest BCUT2D eigenvalue weighted by Gasteiger charge is 2.07. The molecule has 1 N–H and O–H groups in total. The minimum absolute atomic E-state index is 0.0108. The van der Waals surface area contributed by atoms with Crippen molar-refractivity contribution in [1.82, 2.24) is 9.97 Å². The molecule has 0 unspecified atom stereocenters. The molecule has 0 aliphatic rings. The van der Waals surface area contributed by atoms with Gasteiger partial charge in [-0.2, -0.15) is 9.37 Å². The van der Waals surface area contributed by atoms with Crippen LogP contribution in [0.25, 0.3) is 0 Å². The lowest BCUT2D eigenvalue weighted by atomic mass is 10.1. The van der Waals surface area contributed by atoms with Gasteiger partial charge in [0.1, 0.15) is 0 Å². The number of aryl methyl sites for hydroxylation is 1. The summed E-state index contributed by atoms with van der Waals surface area (Å²) in [6.07, 6.45) is 3.80. The third-order valence-electron chi connectivity index (χ3n) is 2.94. The van der Waals surface area contributed by atoms with Gasteiger partial charge in [-0.15, -0.1) is 0 Å². The lowest BCUT2D eigenvalue weighted by Crippen LogP contribution is -2.08. The summed E-state index contributed by atoms with van der Waals surface area (Å²) in [4.78, 5) is 7.91. The summed E-state index contributed by atoms with van der Waals surface area (Å²) in [5, 5.41) is 3.01. The van der Waals surface area contributed by atoms with Gasteiger partial charge in [-0.05, 0) is 24.8 Å². The monoisotopic (exact) mass is 289 g/mol. The molecule has 1 aromatic heterocycles. The van der Waals surface area contributed by atoms with E-state index < -0.39 is 5.82 Å². The number of rotatable bonds is 8. The molecule has 0 radical (unpaired) electrons. The van der Waals surface area contributed by atoms with Crippen molar-refractivity contribution in [3.63, 3.8) is 0 Å². The maximum Gasteiger partial charge on any atom is 0.255 e. The summed E-state index contributed by atoms with van der Waals surface area (Å²) in [6, 6.07) is 10.1. The summed E-state index contributed by atoms with van der Waals surface area (Å²) in [6.45, 7) is 3.21. The number of hydrogen-bond donors (Lipinski definition) is 1. The fraction of sp³-hybridized carbons (Fsp3) is 0.375. The van der Waals surface area contributed by atoms with Gasteiger partial charge in [0.05, 0.1) is 12.8 Å². The van der Waals surface area contributed by atoms with E-state index in [0.29, 0.717) is 12.6 Å². The second-order valence-corrected chi connectivity index (χ2v) is 4.71. The quantitative estimate of drug-likeness (QED) is 0.756. The van der Waals surface area contributed by atoms with Gasteiger partial charge in [0.25, 0.3) is 5.88 Å². The normalized spacial score (nSPS) is 10.4. The average molecular weight is 289 g/mol. The van der Waals surface area contributed by atoms with Crippen LogP contribution < -0.4 is 10.1 Å². The van der Waals surface area contributed by atoms with E-state index in [1.54, 1.807) is 0 Å². The molecule has 0 aliphatic carbocycles. The van der Waals surface area contributed by atoms with E-state index in [4.69, 9.17) is 4.74 Å². The van der Waals surface area contributed by atoms with E-state index in [-0.39, 0.29) is 5.88 Å². The topological polar surface area (TPSA) is 47.0 Å². The number of ether oxygens (including phenoxy) is 1. The Morgan fingerprint density at radius 1 is 1.24 bits per heavy atom. The first kappa shape index (κ1) is 15.2. The Morgan fingerprint density at radius 2 is 2.05 bits per heavy atom.